The first-order valence-corrected chi connectivity index (χ1v) is 8.68. The Morgan fingerprint density at radius 1 is 1.04 bits per heavy atom. The van der Waals surface area contributed by atoms with E-state index >= 15 is 0 Å². The molecule has 0 radical (unpaired) electrons. The zero-order valence-electron chi connectivity index (χ0n) is 15.0. The molecule has 2 fully saturated rings. The number of hydrogen-bond acceptors (Lipinski definition) is 4. The lowest BCUT2D eigenvalue weighted by atomic mass is 10.00. The fraction of sp³-hybridized carbons (Fsp3) is 0.632. The van der Waals surface area contributed by atoms with Crippen molar-refractivity contribution in [2.75, 3.05) is 7.11 Å². The van der Waals surface area contributed by atoms with Crippen LogP contribution in [-0.2, 0) is 4.74 Å². The molecular weight excluding hydrogens is 306 g/mol. The Labute approximate surface area is 143 Å². The van der Waals surface area contributed by atoms with Gasteiger partial charge in [0.2, 0.25) is 0 Å². The summed E-state index contributed by atoms with van der Waals surface area (Å²) < 4.78 is 16.9. The Balaban J connectivity index is 1.61. The van der Waals surface area contributed by atoms with Gasteiger partial charge in [-0.2, -0.15) is 0 Å². The first kappa shape index (κ1) is 16.9. The number of ether oxygens (including phenoxy) is 3. The average Bonchev–Trinajstić information content (AvgIpc) is 2.78. The minimum atomic E-state index is -0.451. The van der Waals surface area contributed by atoms with Gasteiger partial charge in [0.15, 0.2) is 0 Å². The van der Waals surface area contributed by atoms with E-state index in [-0.39, 0.29) is 24.3 Å². The lowest BCUT2D eigenvalue weighted by molar-refractivity contribution is -0.00708. The van der Waals surface area contributed by atoms with Crippen LogP contribution >= 0.6 is 0 Å². The molecule has 5 heteroatoms. The van der Waals surface area contributed by atoms with Crippen LogP contribution in [-0.4, -0.2) is 41.9 Å². The fourth-order valence-electron chi connectivity index (χ4n) is 3.68. The molecule has 3 atom stereocenters. The van der Waals surface area contributed by atoms with E-state index in [4.69, 9.17) is 14.2 Å². The summed E-state index contributed by atoms with van der Waals surface area (Å²) in [5.41, 5.74) is -0.451. The number of hydrogen-bond donors (Lipinski definition) is 0. The zero-order valence-corrected chi connectivity index (χ0v) is 15.0. The van der Waals surface area contributed by atoms with Crippen molar-refractivity contribution in [1.29, 1.82) is 0 Å². The van der Waals surface area contributed by atoms with Crippen LogP contribution in [0.1, 0.15) is 46.5 Å². The van der Waals surface area contributed by atoms with Gasteiger partial charge in [0, 0.05) is 24.9 Å². The van der Waals surface area contributed by atoms with Crippen LogP contribution < -0.4 is 9.47 Å². The van der Waals surface area contributed by atoms with Gasteiger partial charge in [-0.15, -0.1) is 0 Å². The number of piperidine rings is 1. The number of rotatable bonds is 3. The van der Waals surface area contributed by atoms with Crippen LogP contribution in [0.15, 0.2) is 24.3 Å². The van der Waals surface area contributed by atoms with Crippen LogP contribution in [0.25, 0.3) is 0 Å². The predicted molar refractivity (Wildman–Crippen MR) is 91.5 cm³/mol. The van der Waals surface area contributed by atoms with E-state index in [1.54, 1.807) is 7.11 Å². The molecule has 2 saturated heterocycles. The summed E-state index contributed by atoms with van der Waals surface area (Å²) in [5.74, 6) is 1.67. The second-order valence-corrected chi connectivity index (χ2v) is 7.66. The second kappa shape index (κ2) is 6.54. The molecule has 24 heavy (non-hydrogen) atoms. The highest BCUT2D eigenvalue weighted by atomic mass is 16.6. The number of carbonyl (C=O) groups excluding carboxylic acids is 1. The Morgan fingerprint density at radius 2 is 1.58 bits per heavy atom. The van der Waals surface area contributed by atoms with Crippen LogP contribution in [0.2, 0.25) is 0 Å². The molecule has 2 aliphatic heterocycles. The molecule has 0 N–H and O–H groups in total. The maximum absolute atomic E-state index is 12.5. The Kier molecular flexibility index (Phi) is 4.61. The maximum Gasteiger partial charge on any atom is 0.410 e. The summed E-state index contributed by atoms with van der Waals surface area (Å²) in [5, 5.41) is 0. The van der Waals surface area contributed by atoms with E-state index in [1.165, 1.54) is 0 Å². The molecule has 1 amide bonds. The van der Waals surface area contributed by atoms with Gasteiger partial charge in [0.1, 0.15) is 23.2 Å². The van der Waals surface area contributed by atoms with Crippen molar-refractivity contribution in [3.05, 3.63) is 24.3 Å². The highest BCUT2D eigenvalue weighted by Crippen LogP contribution is 2.38. The van der Waals surface area contributed by atoms with Gasteiger partial charge < -0.3 is 19.1 Å². The molecule has 0 spiro atoms. The largest absolute Gasteiger partial charge is 0.497 e. The Hall–Kier alpha value is -1.91. The number of nitrogens with zero attached hydrogens (tertiary/aromatic N) is 1. The van der Waals surface area contributed by atoms with E-state index in [0.717, 1.165) is 37.2 Å². The summed E-state index contributed by atoms with van der Waals surface area (Å²) in [6.45, 7) is 5.73. The SMILES string of the molecule is COc1ccc(O[C@H]2C[C@H]3CC[C@@H](C2)N3C(=O)OC(C)(C)C)cc1. The van der Waals surface area contributed by atoms with Crippen LogP contribution in [0, 0.1) is 0 Å². The second-order valence-electron chi connectivity index (χ2n) is 7.66. The minimum absolute atomic E-state index is 0.148. The molecule has 2 heterocycles. The predicted octanol–water partition coefficient (Wildman–Crippen LogP) is 4.00. The van der Waals surface area contributed by atoms with Crippen LogP contribution in [0.3, 0.4) is 0 Å². The van der Waals surface area contributed by atoms with E-state index in [9.17, 15) is 4.79 Å². The van der Waals surface area contributed by atoms with E-state index < -0.39 is 5.60 Å². The average molecular weight is 333 g/mol. The third-order valence-corrected chi connectivity index (χ3v) is 4.66. The third kappa shape index (κ3) is 3.77. The van der Waals surface area contributed by atoms with Gasteiger partial charge in [-0.3, -0.25) is 0 Å². The van der Waals surface area contributed by atoms with Crippen molar-refractivity contribution < 1.29 is 19.0 Å². The normalized spacial score (nSPS) is 26.2. The zero-order chi connectivity index (χ0) is 17.3. The van der Waals surface area contributed by atoms with Gasteiger partial charge in [0.25, 0.3) is 0 Å². The number of amides is 1. The van der Waals surface area contributed by atoms with Crippen molar-refractivity contribution in [3.8, 4) is 11.5 Å². The van der Waals surface area contributed by atoms with Crippen LogP contribution in [0.4, 0.5) is 4.79 Å². The summed E-state index contributed by atoms with van der Waals surface area (Å²) >= 11 is 0. The van der Waals surface area contributed by atoms with Crippen molar-refractivity contribution >= 4 is 6.09 Å². The van der Waals surface area contributed by atoms with E-state index in [1.807, 2.05) is 49.9 Å². The number of carbonyl (C=O) groups is 1. The van der Waals surface area contributed by atoms with Crippen molar-refractivity contribution in [2.45, 2.75) is 70.2 Å². The molecule has 3 rings (SSSR count). The summed E-state index contributed by atoms with van der Waals surface area (Å²) in [7, 11) is 1.65. The highest BCUT2D eigenvalue weighted by Gasteiger charge is 2.45. The van der Waals surface area contributed by atoms with E-state index in [0.29, 0.717) is 0 Å². The third-order valence-electron chi connectivity index (χ3n) is 4.66. The van der Waals surface area contributed by atoms with Crippen molar-refractivity contribution in [1.82, 2.24) is 4.90 Å². The molecule has 1 aromatic carbocycles. The number of benzene rings is 1. The standard InChI is InChI=1S/C19H27NO4/c1-19(2,3)24-18(21)20-13-5-6-14(20)12-17(11-13)23-16-9-7-15(22-4)8-10-16/h7-10,13-14,17H,5-6,11-12H2,1-4H3/t13-,14+,17+. The van der Waals surface area contributed by atoms with Crippen molar-refractivity contribution in [3.63, 3.8) is 0 Å². The first-order chi connectivity index (χ1) is 11.4. The van der Waals surface area contributed by atoms with Crippen LogP contribution in [0.5, 0.6) is 11.5 Å². The smallest absolute Gasteiger partial charge is 0.410 e. The molecule has 2 bridgehead atoms. The quantitative estimate of drug-likeness (QED) is 0.839. The lowest BCUT2D eigenvalue weighted by Crippen LogP contribution is -2.50. The molecule has 1 aromatic rings. The van der Waals surface area contributed by atoms with Gasteiger partial charge in [-0.1, -0.05) is 0 Å². The van der Waals surface area contributed by atoms with Gasteiger partial charge in [-0.25, -0.2) is 4.79 Å². The van der Waals surface area contributed by atoms with E-state index in [2.05, 4.69) is 0 Å². The molecular formula is C19H27NO4. The Morgan fingerprint density at radius 3 is 2.08 bits per heavy atom. The van der Waals surface area contributed by atoms with Gasteiger partial charge in [-0.05, 0) is 57.9 Å². The fourth-order valence-corrected chi connectivity index (χ4v) is 3.68. The molecule has 0 aromatic heterocycles. The minimum Gasteiger partial charge on any atom is -0.497 e. The molecule has 2 aliphatic rings. The highest BCUT2D eigenvalue weighted by molar-refractivity contribution is 5.69. The molecule has 132 valence electrons. The van der Waals surface area contributed by atoms with Gasteiger partial charge in [0.05, 0.1) is 7.11 Å². The molecule has 0 aliphatic carbocycles. The first-order valence-electron chi connectivity index (χ1n) is 8.68. The molecule has 5 nitrogen and oxygen atoms in total. The summed E-state index contributed by atoms with van der Waals surface area (Å²) in [6, 6.07) is 8.12. The van der Waals surface area contributed by atoms with Gasteiger partial charge >= 0.3 is 6.09 Å². The monoisotopic (exact) mass is 333 g/mol. The Bertz CT molecular complexity index is 564. The van der Waals surface area contributed by atoms with Crippen molar-refractivity contribution in [2.24, 2.45) is 0 Å². The summed E-state index contributed by atoms with van der Waals surface area (Å²) in [4.78, 5) is 14.4. The molecule has 0 unspecified atom stereocenters. The number of fused-ring (bicyclic) bond motifs is 2. The lowest BCUT2D eigenvalue weighted by Gasteiger charge is -2.39. The number of methoxy groups -OCH3 is 1. The topological polar surface area (TPSA) is 48.0 Å². The molecule has 0 saturated carbocycles. The summed E-state index contributed by atoms with van der Waals surface area (Å²) in [6.07, 6.45) is 3.76. The maximum atomic E-state index is 12.5.